The van der Waals surface area contributed by atoms with Crippen LogP contribution in [0.15, 0.2) is 18.2 Å². The number of carbonyl (C=O) groups excluding carboxylic acids is 1. The van der Waals surface area contributed by atoms with Crippen LogP contribution in [0.5, 0.6) is 5.75 Å². The zero-order valence-electron chi connectivity index (χ0n) is 24.7. The molecule has 0 unspecified atom stereocenters. The Kier molecular flexibility index (Phi) is 12.4. The number of amides is 1. The summed E-state index contributed by atoms with van der Waals surface area (Å²) in [6.45, 7) is 17.4. The lowest BCUT2D eigenvalue weighted by atomic mass is 10.2. The van der Waals surface area contributed by atoms with Crippen molar-refractivity contribution in [3.63, 3.8) is 0 Å². The van der Waals surface area contributed by atoms with Crippen molar-refractivity contribution in [1.29, 1.82) is 0 Å². The van der Waals surface area contributed by atoms with Crippen molar-refractivity contribution < 1.29 is 33.0 Å². The summed E-state index contributed by atoms with van der Waals surface area (Å²) >= 11 is 3.17. The predicted molar refractivity (Wildman–Crippen MR) is 168 cm³/mol. The smallest absolute Gasteiger partial charge is 0.416 e. The van der Waals surface area contributed by atoms with E-state index in [0.29, 0.717) is 37.3 Å². The van der Waals surface area contributed by atoms with Gasteiger partial charge in [-0.05, 0) is 105 Å². The van der Waals surface area contributed by atoms with E-state index >= 15 is 0 Å². The Labute approximate surface area is 255 Å². The Morgan fingerprint density at radius 3 is 2.35 bits per heavy atom. The van der Waals surface area contributed by atoms with Gasteiger partial charge in [0.15, 0.2) is 30.7 Å². The van der Waals surface area contributed by atoms with Crippen LogP contribution in [0.25, 0.3) is 0 Å². The summed E-state index contributed by atoms with van der Waals surface area (Å²) in [5, 5.41) is 10.2. The molecule has 2 aromatic rings. The van der Waals surface area contributed by atoms with Crippen molar-refractivity contribution >= 4 is 59.4 Å². The number of rotatable bonds is 13. The molecule has 1 amide bonds. The molecule has 0 aliphatic heterocycles. The number of hydrogen-bond acceptors (Lipinski definition) is 7. The van der Waals surface area contributed by atoms with Crippen molar-refractivity contribution in [3.05, 3.63) is 38.2 Å². The number of anilines is 1. The average Bonchev–Trinajstić information content (AvgIpc) is 3.22. The monoisotopic (exact) mass is 708 g/mol. The topological polar surface area (TPSA) is 98.2 Å². The molecule has 224 valence electrons. The number of unbranched alkanes of at least 4 members (excludes halogenated alkanes) is 1. The minimum atomic E-state index is -1.87. The highest BCUT2D eigenvalue weighted by atomic mass is 127. The summed E-state index contributed by atoms with van der Waals surface area (Å²) < 4.78 is 32.2. The minimum Gasteiger partial charge on any atom is -0.491 e. The molecule has 0 bridgehead atoms. The maximum atomic E-state index is 14.0. The molecule has 0 radical (unpaired) electrons. The highest BCUT2D eigenvalue weighted by Crippen LogP contribution is 2.36. The average molecular weight is 709 g/mol. The lowest BCUT2D eigenvalue weighted by molar-refractivity contribution is 0.0576. The number of aromatic carboxylic acids is 1. The lowest BCUT2D eigenvalue weighted by Gasteiger charge is -2.36. The van der Waals surface area contributed by atoms with Crippen LogP contribution in [0.1, 0.15) is 76.2 Å². The predicted octanol–water partition coefficient (Wildman–Crippen LogP) is 8.14. The first-order valence-corrected chi connectivity index (χ1v) is 18.2. The Morgan fingerprint density at radius 1 is 1.10 bits per heavy atom. The van der Waals surface area contributed by atoms with Crippen LogP contribution in [-0.4, -0.2) is 55.8 Å². The molecule has 0 aliphatic carbocycles. The maximum Gasteiger partial charge on any atom is 0.416 e. The molecule has 1 N–H and O–H groups in total. The SMILES string of the molecule is CC(C)(C)OC(=O)N(CCCCO[Si](C)(C)C(C)(C)C)c1nc(C(=O)O)c(CCCOc2ccc(I)cc2F)s1. The number of benzene rings is 1. The first-order chi connectivity index (χ1) is 18.4. The van der Waals surface area contributed by atoms with Gasteiger partial charge in [-0.3, -0.25) is 4.90 Å². The molecule has 0 saturated heterocycles. The van der Waals surface area contributed by atoms with Gasteiger partial charge in [0, 0.05) is 21.6 Å². The van der Waals surface area contributed by atoms with Crippen molar-refractivity contribution in [2.24, 2.45) is 0 Å². The first-order valence-electron chi connectivity index (χ1n) is 13.4. The number of aryl methyl sites for hydroxylation is 1. The van der Waals surface area contributed by atoms with Crippen LogP contribution >= 0.6 is 33.9 Å². The first kappa shape index (κ1) is 34.4. The van der Waals surface area contributed by atoms with Crippen LogP contribution in [0.2, 0.25) is 18.1 Å². The molecule has 0 aliphatic rings. The number of ether oxygens (including phenoxy) is 2. The van der Waals surface area contributed by atoms with Gasteiger partial charge >= 0.3 is 12.1 Å². The summed E-state index contributed by atoms with van der Waals surface area (Å²) in [4.78, 5) is 31.3. The highest BCUT2D eigenvalue weighted by molar-refractivity contribution is 14.1. The van der Waals surface area contributed by atoms with Gasteiger partial charge in [-0.1, -0.05) is 20.8 Å². The lowest BCUT2D eigenvalue weighted by Crippen LogP contribution is -2.41. The molecule has 40 heavy (non-hydrogen) atoms. The third-order valence-electron chi connectivity index (χ3n) is 6.48. The van der Waals surface area contributed by atoms with E-state index in [1.165, 1.54) is 11.0 Å². The van der Waals surface area contributed by atoms with E-state index in [-0.39, 0.29) is 28.2 Å². The second-order valence-electron chi connectivity index (χ2n) is 12.0. The Bertz CT molecular complexity index is 1160. The largest absolute Gasteiger partial charge is 0.491 e. The quantitative estimate of drug-likeness (QED) is 0.128. The van der Waals surface area contributed by atoms with Crippen LogP contribution < -0.4 is 9.64 Å². The van der Waals surface area contributed by atoms with Gasteiger partial charge in [0.1, 0.15) is 5.60 Å². The van der Waals surface area contributed by atoms with E-state index in [1.807, 2.05) is 22.6 Å². The van der Waals surface area contributed by atoms with E-state index < -0.39 is 31.8 Å². The van der Waals surface area contributed by atoms with E-state index in [1.54, 1.807) is 32.9 Å². The second-order valence-corrected chi connectivity index (χ2v) is 19.2. The summed E-state index contributed by atoms with van der Waals surface area (Å²) in [7, 11) is -1.87. The molecular formula is C28H42FIN2O6SSi. The highest BCUT2D eigenvalue weighted by Gasteiger charge is 2.37. The van der Waals surface area contributed by atoms with Crippen molar-refractivity contribution in [3.8, 4) is 5.75 Å². The van der Waals surface area contributed by atoms with Crippen LogP contribution in [-0.2, 0) is 15.6 Å². The van der Waals surface area contributed by atoms with Gasteiger partial charge in [-0.15, -0.1) is 11.3 Å². The molecule has 0 fully saturated rings. The summed E-state index contributed by atoms with van der Waals surface area (Å²) in [5.74, 6) is -1.47. The number of carboxylic acids is 1. The van der Waals surface area contributed by atoms with Gasteiger partial charge in [0.25, 0.3) is 0 Å². The van der Waals surface area contributed by atoms with Gasteiger partial charge in [0.2, 0.25) is 0 Å². The van der Waals surface area contributed by atoms with Crippen LogP contribution in [0.3, 0.4) is 0 Å². The number of carboxylic acid groups (broad SMARTS) is 1. The number of hydrogen-bond donors (Lipinski definition) is 1. The summed E-state index contributed by atoms with van der Waals surface area (Å²) in [6, 6.07) is 4.71. The summed E-state index contributed by atoms with van der Waals surface area (Å²) in [5.41, 5.74) is -0.825. The molecule has 0 spiro atoms. The van der Waals surface area contributed by atoms with Gasteiger partial charge < -0.3 is 19.0 Å². The standard InChI is InChI=1S/C28H42FIN2O6SSi/c1-27(2,3)38-26(35)32(15-9-10-17-37-40(7,8)28(4,5)6)25-31-23(24(33)34)22(39-25)12-11-16-36-21-14-13-19(30)18-20(21)29/h13-14,18H,9-12,15-17H2,1-8H3,(H,33,34). The molecule has 8 nitrogen and oxygen atoms in total. The molecule has 2 rings (SSSR count). The number of halogens is 2. The van der Waals surface area contributed by atoms with Crippen molar-refractivity contribution in [2.45, 2.75) is 91.0 Å². The fourth-order valence-electron chi connectivity index (χ4n) is 3.30. The normalized spacial score (nSPS) is 12.3. The van der Waals surface area contributed by atoms with E-state index in [0.717, 1.165) is 21.3 Å². The molecule has 1 heterocycles. The van der Waals surface area contributed by atoms with E-state index in [2.05, 4.69) is 38.8 Å². The Balaban J connectivity index is 2.11. The molecular weight excluding hydrogens is 666 g/mol. The fraction of sp³-hybridized carbons (Fsp3) is 0.607. The Hall–Kier alpha value is -1.77. The molecule has 1 aromatic carbocycles. The third-order valence-corrected chi connectivity index (χ3v) is 12.8. The Morgan fingerprint density at radius 2 is 1.77 bits per heavy atom. The fourth-order valence-corrected chi connectivity index (χ4v) is 5.95. The van der Waals surface area contributed by atoms with Crippen LogP contribution in [0, 0.1) is 9.39 Å². The van der Waals surface area contributed by atoms with E-state index in [4.69, 9.17) is 13.9 Å². The molecule has 12 heteroatoms. The van der Waals surface area contributed by atoms with E-state index in [9.17, 15) is 19.1 Å². The number of nitrogens with zero attached hydrogens (tertiary/aromatic N) is 2. The molecule has 0 saturated carbocycles. The van der Waals surface area contributed by atoms with Gasteiger partial charge in [-0.25, -0.2) is 19.0 Å². The number of carbonyl (C=O) groups is 2. The van der Waals surface area contributed by atoms with Crippen LogP contribution in [0.4, 0.5) is 14.3 Å². The van der Waals surface area contributed by atoms with Gasteiger partial charge in [-0.2, -0.15) is 0 Å². The maximum absolute atomic E-state index is 14.0. The van der Waals surface area contributed by atoms with Gasteiger partial charge in [0.05, 0.1) is 6.61 Å². The molecule has 1 aromatic heterocycles. The zero-order chi connectivity index (χ0) is 30.3. The number of aromatic nitrogens is 1. The number of thiazole rings is 1. The second kappa shape index (κ2) is 14.4. The summed E-state index contributed by atoms with van der Waals surface area (Å²) in [6.07, 6.45) is 1.61. The van der Waals surface area contributed by atoms with Crippen molar-refractivity contribution in [2.75, 3.05) is 24.7 Å². The minimum absolute atomic E-state index is 0.102. The zero-order valence-corrected chi connectivity index (χ0v) is 28.7. The molecule has 0 atom stereocenters. The van der Waals surface area contributed by atoms with Crippen molar-refractivity contribution in [1.82, 2.24) is 4.98 Å². The third kappa shape index (κ3) is 10.6.